The van der Waals surface area contributed by atoms with Crippen LogP contribution in [0, 0.1) is 0 Å². The molecule has 0 fully saturated rings. The quantitative estimate of drug-likeness (QED) is 0.220. The molecule has 182 valence electrons. The van der Waals surface area contributed by atoms with E-state index in [0.29, 0.717) is 0 Å². The van der Waals surface area contributed by atoms with Crippen LogP contribution < -0.4 is 0 Å². The molecule has 4 radical (unpaired) electrons. The van der Waals surface area contributed by atoms with E-state index in [1.807, 2.05) is 24.3 Å². The van der Waals surface area contributed by atoms with Gasteiger partial charge in [0.05, 0.1) is 21.4 Å². The van der Waals surface area contributed by atoms with E-state index in [9.17, 15) is 0 Å². The molecular weight excluding hydrogens is 480 g/mol. The van der Waals surface area contributed by atoms with E-state index in [4.69, 9.17) is 20.1 Å². The van der Waals surface area contributed by atoms with Crippen molar-refractivity contribution in [3.63, 3.8) is 0 Å². The van der Waals surface area contributed by atoms with Crippen LogP contribution in [0.5, 0.6) is 0 Å². The van der Waals surface area contributed by atoms with Crippen LogP contribution >= 0.6 is 10.0 Å². The first kappa shape index (κ1) is 24.6. The van der Waals surface area contributed by atoms with Gasteiger partial charge in [0.15, 0.2) is 0 Å². The Labute approximate surface area is 228 Å². The van der Waals surface area contributed by atoms with Gasteiger partial charge >= 0.3 is 0 Å². The van der Waals surface area contributed by atoms with Crippen molar-refractivity contribution >= 4 is 47.7 Å². The summed E-state index contributed by atoms with van der Waals surface area (Å²) >= 11 is 0. The third-order valence-electron chi connectivity index (χ3n) is 7.33. The molecule has 0 saturated heterocycles. The van der Waals surface area contributed by atoms with Gasteiger partial charge in [-0.05, 0) is 63.8 Å². The first-order valence-corrected chi connectivity index (χ1v) is 15.4. The molecule has 0 aliphatic carbocycles. The van der Waals surface area contributed by atoms with Crippen LogP contribution in [0.4, 0.5) is 0 Å². The summed E-state index contributed by atoms with van der Waals surface area (Å²) in [6.45, 7) is 0. The number of benzene rings is 4. The summed E-state index contributed by atoms with van der Waals surface area (Å²) in [7, 11) is 12.0. The molecule has 0 saturated carbocycles. The Bertz CT molecular complexity index is 1770. The van der Waals surface area contributed by atoms with Crippen LogP contribution in [0.1, 0.15) is 5.56 Å². The molecule has 0 atom stereocenters. The second-order valence-corrected chi connectivity index (χ2v) is 14.8. The highest BCUT2D eigenvalue weighted by Gasteiger charge is 2.30. The normalized spacial score (nSPS) is 12.7. The molecule has 0 unspecified atom stereocenters. The highest BCUT2D eigenvalue weighted by atomic mass is 32.3. The predicted octanol–water partition coefficient (Wildman–Crippen LogP) is 8.12. The van der Waals surface area contributed by atoms with Crippen molar-refractivity contribution in [2.45, 2.75) is 4.55 Å². The predicted molar refractivity (Wildman–Crippen MR) is 166 cm³/mol. The Kier molecular flexibility index (Phi) is 6.00. The maximum Gasteiger partial charge on any atom is 0.144 e. The van der Waals surface area contributed by atoms with Crippen LogP contribution in [0.25, 0.3) is 55.4 Å². The molecule has 0 bridgehead atoms. The van der Waals surface area contributed by atoms with Gasteiger partial charge in [-0.15, -0.1) is 0 Å². The Morgan fingerprint density at radius 2 is 1.21 bits per heavy atom. The minimum atomic E-state index is -1.27. The van der Waals surface area contributed by atoms with E-state index in [1.54, 1.807) is 6.20 Å². The lowest BCUT2D eigenvalue weighted by Crippen LogP contribution is -2.32. The zero-order valence-electron chi connectivity index (χ0n) is 21.8. The van der Waals surface area contributed by atoms with E-state index < -0.39 is 14.6 Å². The fraction of sp³-hybridized carbons (Fsp3) is 0.121. The molecule has 2 nitrogen and oxygen atoms in total. The van der Waals surface area contributed by atoms with Gasteiger partial charge in [0.1, 0.15) is 11.2 Å². The minimum absolute atomic E-state index is 0.796. The molecule has 0 aliphatic rings. The standard InChI is InChI=1S/C33H27B2NOS/c1-38(2,3)33(34,35)25-19-20-36-30(21-25)29-14-8-13-28-27-12-7-11-26(31(27)37-32(28)29)24-17-15-23(16-18-24)22-9-5-4-6-10-22/h4-21H,1-3H3. The lowest BCUT2D eigenvalue weighted by Gasteiger charge is -2.45. The number of fused-ring (bicyclic) bond motifs is 3. The Balaban J connectivity index is 1.47. The lowest BCUT2D eigenvalue weighted by molar-refractivity contribution is 0.671. The Morgan fingerprint density at radius 1 is 0.632 bits per heavy atom. The van der Waals surface area contributed by atoms with Crippen molar-refractivity contribution in [2.24, 2.45) is 0 Å². The maximum absolute atomic E-state index is 6.63. The zero-order chi connectivity index (χ0) is 26.5. The topological polar surface area (TPSA) is 26.0 Å². The average Bonchev–Trinajstić information content (AvgIpc) is 3.32. The van der Waals surface area contributed by atoms with Crippen molar-refractivity contribution in [1.82, 2.24) is 4.98 Å². The summed E-state index contributed by atoms with van der Waals surface area (Å²) in [5, 5.41) is 2.13. The summed E-state index contributed by atoms with van der Waals surface area (Å²) < 4.78 is 5.71. The first-order valence-electron chi connectivity index (χ1n) is 12.6. The number of aromatic nitrogens is 1. The van der Waals surface area contributed by atoms with Gasteiger partial charge in [0.25, 0.3) is 0 Å². The van der Waals surface area contributed by atoms with Crippen molar-refractivity contribution in [3.05, 3.63) is 115 Å². The molecule has 5 heteroatoms. The number of pyridine rings is 1. The number of furan rings is 1. The lowest BCUT2D eigenvalue weighted by atomic mass is 9.65. The van der Waals surface area contributed by atoms with E-state index >= 15 is 0 Å². The largest absolute Gasteiger partial charge is 0.455 e. The number of rotatable bonds is 5. The van der Waals surface area contributed by atoms with Gasteiger partial charge in [0, 0.05) is 28.1 Å². The van der Waals surface area contributed by atoms with Crippen LogP contribution in [0.3, 0.4) is 0 Å². The highest BCUT2D eigenvalue weighted by Crippen LogP contribution is 2.52. The molecule has 0 spiro atoms. The fourth-order valence-corrected chi connectivity index (χ4v) is 5.73. The number of hydrogen-bond acceptors (Lipinski definition) is 2. The smallest absolute Gasteiger partial charge is 0.144 e. The van der Waals surface area contributed by atoms with Crippen LogP contribution in [0.15, 0.2) is 114 Å². The average molecular weight is 507 g/mol. The van der Waals surface area contributed by atoms with Crippen LogP contribution in [-0.2, 0) is 4.55 Å². The Hall–Kier alpha value is -3.69. The second kappa shape index (κ2) is 9.25. The van der Waals surface area contributed by atoms with Gasteiger partial charge in [0.2, 0.25) is 0 Å². The maximum atomic E-state index is 6.63. The van der Waals surface area contributed by atoms with Crippen molar-refractivity contribution in [3.8, 4) is 33.5 Å². The molecule has 0 aliphatic heterocycles. The van der Waals surface area contributed by atoms with E-state index in [2.05, 4.69) is 103 Å². The third kappa shape index (κ3) is 4.16. The van der Waals surface area contributed by atoms with Gasteiger partial charge < -0.3 is 4.42 Å². The molecule has 0 amide bonds. The molecular formula is C33H27B2NOS. The second-order valence-electron chi connectivity index (χ2n) is 10.5. The van der Waals surface area contributed by atoms with Crippen molar-refractivity contribution in [1.29, 1.82) is 0 Å². The van der Waals surface area contributed by atoms with Gasteiger partial charge in [-0.1, -0.05) is 84.9 Å². The molecule has 0 N–H and O–H groups in total. The molecule has 38 heavy (non-hydrogen) atoms. The SMILES string of the molecule is [B]C([B])(c1ccnc(-c2cccc3c2oc2c(-c4ccc(-c5ccccc5)cc4)cccc23)c1)S(C)(C)C. The molecule has 2 aromatic heterocycles. The Morgan fingerprint density at radius 3 is 1.87 bits per heavy atom. The zero-order valence-corrected chi connectivity index (χ0v) is 22.6. The fourth-order valence-electron chi connectivity index (χ4n) is 4.90. The number of para-hydroxylation sites is 2. The van der Waals surface area contributed by atoms with Gasteiger partial charge in [-0.25, -0.2) is 0 Å². The van der Waals surface area contributed by atoms with Gasteiger partial charge in [-0.2, -0.15) is 0 Å². The van der Waals surface area contributed by atoms with E-state index in [0.717, 1.165) is 49.9 Å². The summed E-state index contributed by atoms with van der Waals surface area (Å²) in [5.41, 5.74) is 8.82. The van der Waals surface area contributed by atoms with Crippen molar-refractivity contribution < 1.29 is 4.42 Å². The minimum Gasteiger partial charge on any atom is -0.455 e. The number of nitrogens with zero attached hydrogens (tertiary/aromatic N) is 1. The number of hydrogen-bond donors (Lipinski definition) is 0. The summed E-state index contributed by atoms with van der Waals surface area (Å²) in [6, 6.07) is 35.5. The molecule has 2 heterocycles. The summed E-state index contributed by atoms with van der Waals surface area (Å²) in [6.07, 6.45) is 8.16. The van der Waals surface area contributed by atoms with E-state index in [1.165, 1.54) is 11.1 Å². The first-order chi connectivity index (χ1) is 18.2. The van der Waals surface area contributed by atoms with E-state index in [-0.39, 0.29) is 0 Å². The summed E-state index contributed by atoms with van der Waals surface area (Å²) in [5.74, 6) is 0. The monoisotopic (exact) mass is 507 g/mol. The third-order valence-corrected chi connectivity index (χ3v) is 9.59. The summed E-state index contributed by atoms with van der Waals surface area (Å²) in [4.78, 5) is 4.68. The van der Waals surface area contributed by atoms with Crippen LogP contribution in [0.2, 0.25) is 0 Å². The highest BCUT2D eigenvalue weighted by molar-refractivity contribution is 8.34. The van der Waals surface area contributed by atoms with Crippen molar-refractivity contribution in [2.75, 3.05) is 18.8 Å². The molecule has 6 aromatic rings. The van der Waals surface area contributed by atoms with Crippen LogP contribution in [-0.4, -0.2) is 39.4 Å². The molecule has 4 aromatic carbocycles. The van der Waals surface area contributed by atoms with Gasteiger partial charge in [-0.3, -0.25) is 15.0 Å². The molecule has 6 rings (SSSR count).